The zero-order valence-electron chi connectivity index (χ0n) is 22.3. The maximum atomic E-state index is 13.9. The molecule has 0 bridgehead atoms. The van der Waals surface area contributed by atoms with E-state index in [0.717, 1.165) is 22.9 Å². The Bertz CT molecular complexity index is 2210. The van der Waals surface area contributed by atoms with E-state index in [2.05, 4.69) is 10.2 Å². The van der Waals surface area contributed by atoms with Gasteiger partial charge in [0.15, 0.2) is 5.78 Å². The van der Waals surface area contributed by atoms with E-state index < -0.39 is 49.3 Å². The first-order chi connectivity index (χ1) is 20.7. The van der Waals surface area contributed by atoms with Crippen molar-refractivity contribution in [3.05, 3.63) is 142 Å². The van der Waals surface area contributed by atoms with Crippen LogP contribution in [0.3, 0.4) is 0 Å². The van der Waals surface area contributed by atoms with Gasteiger partial charge in [0, 0.05) is 10.9 Å². The van der Waals surface area contributed by atoms with Gasteiger partial charge in [-0.1, -0.05) is 97.1 Å². The van der Waals surface area contributed by atoms with Crippen molar-refractivity contribution in [3.63, 3.8) is 0 Å². The Balaban J connectivity index is 1.65. The van der Waals surface area contributed by atoms with E-state index in [1.54, 1.807) is 72.8 Å². The van der Waals surface area contributed by atoms with Crippen LogP contribution in [-0.4, -0.2) is 23.9 Å². The maximum Gasteiger partial charge on any atom is 0.344 e. The zero-order valence-corrected chi connectivity index (χ0v) is 23.1. The second kappa shape index (κ2) is 11.1. The molecule has 0 aliphatic carbocycles. The topological polar surface area (TPSA) is 147 Å². The minimum absolute atomic E-state index is 0.218. The van der Waals surface area contributed by atoms with Crippen molar-refractivity contribution in [2.45, 2.75) is 10.8 Å². The molecule has 43 heavy (non-hydrogen) atoms. The minimum Gasteiger partial charge on any atom is -0.506 e. The third kappa shape index (κ3) is 5.21. The van der Waals surface area contributed by atoms with E-state index >= 15 is 0 Å². The van der Waals surface area contributed by atoms with Gasteiger partial charge in [0.25, 0.3) is 10.1 Å². The van der Waals surface area contributed by atoms with Gasteiger partial charge in [0.2, 0.25) is 0 Å². The Kier molecular flexibility index (Phi) is 7.14. The number of fused-ring (bicyclic) bond motifs is 2. The molecule has 0 saturated heterocycles. The molecule has 0 radical (unpaired) electrons. The molecule has 1 aromatic heterocycles. The van der Waals surface area contributed by atoms with Crippen molar-refractivity contribution in [3.8, 4) is 5.75 Å². The summed E-state index contributed by atoms with van der Waals surface area (Å²) in [5, 5.41) is 21.4. The lowest BCUT2D eigenvalue weighted by Gasteiger charge is -2.18. The second-order valence-corrected chi connectivity index (χ2v) is 11.1. The van der Waals surface area contributed by atoms with Gasteiger partial charge < -0.3 is 9.52 Å². The molecule has 9 nitrogen and oxygen atoms in total. The van der Waals surface area contributed by atoms with Crippen LogP contribution >= 0.6 is 0 Å². The number of carbonyl (C=O) groups is 1. The van der Waals surface area contributed by atoms with Gasteiger partial charge >= 0.3 is 5.63 Å². The van der Waals surface area contributed by atoms with E-state index in [0.29, 0.717) is 11.3 Å². The number of aromatic hydroxyl groups is 1. The van der Waals surface area contributed by atoms with Crippen LogP contribution in [0.1, 0.15) is 27.4 Å². The molecule has 1 atom stereocenters. The zero-order chi connectivity index (χ0) is 30.1. The van der Waals surface area contributed by atoms with Crippen molar-refractivity contribution >= 4 is 49.0 Å². The molecule has 6 rings (SSSR count). The van der Waals surface area contributed by atoms with E-state index in [4.69, 9.17) is 4.42 Å². The Hall–Kier alpha value is -5.45. The second-order valence-electron chi connectivity index (χ2n) is 9.68. The number of ketones is 1. The molecule has 0 aliphatic rings. The highest BCUT2D eigenvalue weighted by atomic mass is 32.2. The average Bonchev–Trinajstić information content (AvgIpc) is 3.01. The van der Waals surface area contributed by atoms with Gasteiger partial charge in [-0.2, -0.15) is 8.42 Å². The third-order valence-corrected chi connectivity index (χ3v) is 7.95. The summed E-state index contributed by atoms with van der Waals surface area (Å²) in [6.07, 6.45) is 0. The standard InChI is InChI=1S/C33H22N2O7S/c36-31(22-13-5-2-6-14-22)27(21-11-3-1-4-12-21)29-32(37)28-25(42-33(29)38)18-19-26(43(39,40)41)30(28)35-34-24-17-9-15-20-10-7-8-16-23(20)24/h1-19,27,37H,(H,39,40,41). The molecule has 2 N–H and O–H groups in total. The number of azo groups is 1. The summed E-state index contributed by atoms with van der Waals surface area (Å²) in [6.45, 7) is 0. The first kappa shape index (κ1) is 27.7. The predicted molar refractivity (Wildman–Crippen MR) is 161 cm³/mol. The van der Waals surface area contributed by atoms with Crippen molar-refractivity contribution < 1.29 is 27.3 Å². The van der Waals surface area contributed by atoms with E-state index in [1.807, 2.05) is 30.3 Å². The van der Waals surface area contributed by atoms with Gasteiger partial charge in [0.05, 0.1) is 22.6 Å². The molecule has 0 amide bonds. The van der Waals surface area contributed by atoms with E-state index in [9.17, 15) is 27.7 Å². The molecule has 5 aromatic carbocycles. The van der Waals surface area contributed by atoms with E-state index in [-0.39, 0.29) is 16.5 Å². The van der Waals surface area contributed by atoms with Crippen molar-refractivity contribution in [1.29, 1.82) is 0 Å². The summed E-state index contributed by atoms with van der Waals surface area (Å²) < 4.78 is 40.5. The van der Waals surface area contributed by atoms with Crippen LogP contribution in [0.5, 0.6) is 5.75 Å². The highest BCUT2D eigenvalue weighted by molar-refractivity contribution is 7.86. The molecule has 0 spiro atoms. The first-order valence-electron chi connectivity index (χ1n) is 13.1. The highest BCUT2D eigenvalue weighted by Crippen LogP contribution is 2.43. The summed E-state index contributed by atoms with van der Waals surface area (Å²) in [5.74, 6) is -2.54. The van der Waals surface area contributed by atoms with E-state index in [1.165, 1.54) is 0 Å². The Morgan fingerprint density at radius 2 is 1.42 bits per heavy atom. The Morgan fingerprint density at radius 1 is 0.767 bits per heavy atom. The quantitative estimate of drug-likeness (QED) is 0.0856. The number of carbonyl (C=O) groups excluding carboxylic acids is 1. The monoisotopic (exact) mass is 590 g/mol. The lowest BCUT2D eigenvalue weighted by Crippen LogP contribution is -2.22. The molecule has 0 aliphatic heterocycles. The van der Waals surface area contributed by atoms with Crippen molar-refractivity contribution in [2.24, 2.45) is 10.2 Å². The SMILES string of the molecule is O=C(c1ccccc1)C(c1ccccc1)c1c(O)c2c(N=Nc3cccc4ccccc34)c(S(=O)(=O)O)ccc2oc1=O. The van der Waals surface area contributed by atoms with Crippen LogP contribution in [0.4, 0.5) is 11.4 Å². The average molecular weight is 591 g/mol. The van der Waals surface area contributed by atoms with Crippen LogP contribution in [0.15, 0.2) is 140 Å². The van der Waals surface area contributed by atoms with Gasteiger partial charge in [-0.3, -0.25) is 9.35 Å². The van der Waals surface area contributed by atoms with Crippen LogP contribution in [-0.2, 0) is 10.1 Å². The summed E-state index contributed by atoms with van der Waals surface area (Å²) >= 11 is 0. The number of hydrogen-bond acceptors (Lipinski definition) is 8. The number of rotatable bonds is 7. The highest BCUT2D eigenvalue weighted by Gasteiger charge is 2.33. The number of nitrogens with zero attached hydrogens (tertiary/aromatic N) is 2. The minimum atomic E-state index is -4.89. The van der Waals surface area contributed by atoms with Gasteiger partial charge in [-0.05, 0) is 29.1 Å². The molecular weight excluding hydrogens is 568 g/mol. The molecule has 6 aromatic rings. The summed E-state index contributed by atoms with van der Waals surface area (Å²) in [5.41, 5.74) is -1.05. The lowest BCUT2D eigenvalue weighted by molar-refractivity contribution is 0.0971. The lowest BCUT2D eigenvalue weighted by atomic mass is 9.84. The Labute approximate surface area is 245 Å². The summed E-state index contributed by atoms with van der Waals surface area (Å²) in [4.78, 5) is 26.6. The molecule has 1 unspecified atom stereocenters. The van der Waals surface area contributed by atoms with Crippen molar-refractivity contribution in [2.75, 3.05) is 0 Å². The fourth-order valence-corrected chi connectivity index (χ4v) is 5.71. The number of Topliss-reactive ketones (excluding diaryl/α,β-unsaturated/α-hetero) is 1. The Morgan fingerprint density at radius 3 is 2.14 bits per heavy atom. The van der Waals surface area contributed by atoms with Crippen LogP contribution in [0.2, 0.25) is 0 Å². The van der Waals surface area contributed by atoms with Crippen LogP contribution in [0.25, 0.3) is 21.7 Å². The predicted octanol–water partition coefficient (Wildman–Crippen LogP) is 7.33. The molecular formula is C33H22N2O7S. The smallest absolute Gasteiger partial charge is 0.344 e. The number of hydrogen-bond donors (Lipinski definition) is 2. The van der Waals surface area contributed by atoms with Crippen LogP contribution in [0, 0.1) is 0 Å². The van der Waals surface area contributed by atoms with Gasteiger partial charge in [-0.15, -0.1) is 10.2 Å². The summed E-state index contributed by atoms with van der Waals surface area (Å²) in [6, 6.07) is 31.3. The fourth-order valence-electron chi connectivity index (χ4n) is 5.08. The maximum absolute atomic E-state index is 13.9. The largest absolute Gasteiger partial charge is 0.506 e. The fraction of sp³-hybridized carbons (Fsp3) is 0.0303. The molecule has 1 heterocycles. The molecule has 0 saturated carbocycles. The number of benzene rings is 5. The third-order valence-electron chi connectivity index (χ3n) is 7.06. The van der Waals surface area contributed by atoms with Gasteiger partial charge in [-0.25, -0.2) is 4.79 Å². The summed E-state index contributed by atoms with van der Waals surface area (Å²) in [7, 11) is -4.89. The van der Waals surface area contributed by atoms with Crippen molar-refractivity contribution in [1.82, 2.24) is 0 Å². The molecule has 10 heteroatoms. The van der Waals surface area contributed by atoms with Crippen LogP contribution < -0.4 is 5.63 Å². The normalized spacial score (nSPS) is 12.6. The molecule has 212 valence electrons. The first-order valence-corrected chi connectivity index (χ1v) is 14.5. The molecule has 0 fully saturated rings. The van der Waals surface area contributed by atoms with Gasteiger partial charge in [0.1, 0.15) is 21.9 Å².